The summed E-state index contributed by atoms with van der Waals surface area (Å²) >= 11 is 1.59. The van der Waals surface area contributed by atoms with E-state index in [2.05, 4.69) is 10.00 Å². The van der Waals surface area contributed by atoms with Gasteiger partial charge in [-0.3, -0.25) is 14.0 Å². The lowest BCUT2D eigenvalue weighted by Crippen LogP contribution is -2.50. The first-order valence-corrected chi connectivity index (χ1v) is 11.2. The molecule has 160 valence electrons. The fourth-order valence-electron chi connectivity index (χ4n) is 4.15. The molecule has 0 bridgehead atoms. The standard InChI is InChI=1S/C22H22FN5O2S/c1-2-20-24-27(22(30)18-13-19-17(28(18)20)7-12-31-19)14-21(29)26-10-8-25(9-11-26)16-5-3-15(23)4-6-16/h3-7,12-13H,2,8-11,14H2,1H3. The van der Waals surface area contributed by atoms with E-state index in [1.54, 1.807) is 28.4 Å². The van der Waals surface area contributed by atoms with Gasteiger partial charge in [-0.05, 0) is 41.8 Å². The highest BCUT2D eigenvalue weighted by Crippen LogP contribution is 2.24. The molecule has 4 aromatic rings. The fourth-order valence-corrected chi connectivity index (χ4v) is 4.96. The summed E-state index contributed by atoms with van der Waals surface area (Å²) in [6.45, 7) is 4.34. The topological polar surface area (TPSA) is 62.9 Å². The van der Waals surface area contributed by atoms with Crippen molar-refractivity contribution in [3.63, 3.8) is 0 Å². The highest BCUT2D eigenvalue weighted by atomic mass is 32.1. The molecule has 3 aromatic heterocycles. The first-order valence-electron chi connectivity index (χ1n) is 10.3. The molecule has 1 aliphatic rings. The van der Waals surface area contributed by atoms with Gasteiger partial charge in [0.25, 0.3) is 5.56 Å². The second-order valence-electron chi connectivity index (χ2n) is 7.61. The van der Waals surface area contributed by atoms with Crippen LogP contribution in [0.4, 0.5) is 10.1 Å². The van der Waals surface area contributed by atoms with Crippen LogP contribution in [0.3, 0.4) is 0 Å². The van der Waals surface area contributed by atoms with Gasteiger partial charge in [-0.2, -0.15) is 5.10 Å². The number of benzene rings is 1. The van der Waals surface area contributed by atoms with E-state index in [0.29, 0.717) is 38.1 Å². The van der Waals surface area contributed by atoms with Gasteiger partial charge in [0.2, 0.25) is 5.91 Å². The molecule has 7 nitrogen and oxygen atoms in total. The maximum absolute atomic E-state index is 13.1. The Morgan fingerprint density at radius 3 is 2.55 bits per heavy atom. The molecule has 1 saturated heterocycles. The van der Waals surface area contributed by atoms with Gasteiger partial charge in [0.05, 0.1) is 10.2 Å². The molecular formula is C22H22FN5O2S. The van der Waals surface area contributed by atoms with E-state index in [9.17, 15) is 14.0 Å². The van der Waals surface area contributed by atoms with Gasteiger partial charge in [0.15, 0.2) is 0 Å². The third-order valence-corrected chi connectivity index (χ3v) is 6.65. The number of amides is 1. The van der Waals surface area contributed by atoms with Crippen LogP contribution in [-0.2, 0) is 17.8 Å². The Morgan fingerprint density at radius 2 is 1.84 bits per heavy atom. The van der Waals surface area contributed by atoms with Crippen LogP contribution in [0.2, 0.25) is 0 Å². The second kappa shape index (κ2) is 7.81. The highest BCUT2D eigenvalue weighted by molar-refractivity contribution is 7.17. The summed E-state index contributed by atoms with van der Waals surface area (Å²) in [5.41, 5.74) is 2.23. The Hall–Kier alpha value is -3.20. The van der Waals surface area contributed by atoms with Gasteiger partial charge < -0.3 is 9.80 Å². The Labute approximate surface area is 181 Å². The molecule has 0 atom stereocenters. The Balaban J connectivity index is 1.34. The van der Waals surface area contributed by atoms with Crippen molar-refractivity contribution in [3.8, 4) is 0 Å². The Kier molecular flexibility index (Phi) is 4.97. The summed E-state index contributed by atoms with van der Waals surface area (Å²) in [7, 11) is 0. The van der Waals surface area contributed by atoms with E-state index in [1.807, 2.05) is 28.8 Å². The van der Waals surface area contributed by atoms with Gasteiger partial charge in [0.1, 0.15) is 23.7 Å². The number of nitrogens with zero attached hydrogens (tertiary/aromatic N) is 5. The predicted octanol–water partition coefficient (Wildman–Crippen LogP) is 2.76. The summed E-state index contributed by atoms with van der Waals surface area (Å²) in [6, 6.07) is 10.3. The molecule has 5 rings (SSSR count). The van der Waals surface area contributed by atoms with Gasteiger partial charge in [-0.25, -0.2) is 9.07 Å². The number of halogens is 1. The van der Waals surface area contributed by atoms with Crippen molar-refractivity contribution < 1.29 is 9.18 Å². The number of hydrogen-bond donors (Lipinski definition) is 0. The SMILES string of the molecule is CCc1nn(CC(=O)N2CCN(c3ccc(F)cc3)CC2)c(=O)c2cc3sccc3n12. The second-order valence-corrected chi connectivity index (χ2v) is 8.56. The average Bonchev–Trinajstić information content (AvgIpc) is 3.38. The monoisotopic (exact) mass is 439 g/mol. The number of aromatic nitrogens is 3. The van der Waals surface area contributed by atoms with E-state index >= 15 is 0 Å². The molecule has 31 heavy (non-hydrogen) atoms. The fraction of sp³-hybridized carbons (Fsp3) is 0.318. The minimum atomic E-state index is -0.262. The van der Waals surface area contributed by atoms with Crippen molar-refractivity contribution in [3.05, 3.63) is 63.8 Å². The van der Waals surface area contributed by atoms with Gasteiger partial charge >= 0.3 is 0 Å². The van der Waals surface area contributed by atoms with Crippen LogP contribution in [0.25, 0.3) is 15.7 Å². The van der Waals surface area contributed by atoms with Crippen LogP contribution >= 0.6 is 11.3 Å². The van der Waals surface area contributed by atoms with Crippen LogP contribution in [0, 0.1) is 5.82 Å². The summed E-state index contributed by atoms with van der Waals surface area (Å²) in [6.07, 6.45) is 0.654. The van der Waals surface area contributed by atoms with Crippen LogP contribution in [0.15, 0.2) is 46.6 Å². The molecule has 1 amide bonds. The zero-order valence-corrected chi connectivity index (χ0v) is 17.9. The van der Waals surface area contributed by atoms with Crippen molar-refractivity contribution in [2.45, 2.75) is 19.9 Å². The number of carbonyl (C=O) groups excluding carboxylic acids is 1. The number of rotatable bonds is 4. The van der Waals surface area contributed by atoms with Crippen LogP contribution < -0.4 is 10.5 Å². The largest absolute Gasteiger partial charge is 0.368 e. The molecule has 0 unspecified atom stereocenters. The first-order chi connectivity index (χ1) is 15.0. The number of aryl methyl sites for hydroxylation is 1. The highest BCUT2D eigenvalue weighted by Gasteiger charge is 2.23. The number of thiophene rings is 1. The quantitative estimate of drug-likeness (QED) is 0.491. The molecule has 9 heteroatoms. The molecule has 1 aliphatic heterocycles. The number of anilines is 1. The molecule has 0 N–H and O–H groups in total. The average molecular weight is 440 g/mol. The molecule has 0 aliphatic carbocycles. The van der Waals surface area contributed by atoms with Gasteiger partial charge in [-0.1, -0.05) is 6.92 Å². The molecular weight excluding hydrogens is 417 g/mol. The van der Waals surface area contributed by atoms with Gasteiger partial charge in [0, 0.05) is 38.3 Å². The predicted molar refractivity (Wildman–Crippen MR) is 119 cm³/mol. The Morgan fingerprint density at radius 1 is 1.10 bits per heavy atom. The summed E-state index contributed by atoms with van der Waals surface area (Å²) in [4.78, 5) is 29.8. The smallest absolute Gasteiger partial charge is 0.291 e. The maximum Gasteiger partial charge on any atom is 0.291 e. The molecule has 1 aromatic carbocycles. The van der Waals surface area contributed by atoms with Crippen molar-refractivity contribution in [2.75, 3.05) is 31.1 Å². The lowest BCUT2D eigenvalue weighted by Gasteiger charge is -2.36. The molecule has 0 saturated carbocycles. The molecule has 0 spiro atoms. The lowest BCUT2D eigenvalue weighted by atomic mass is 10.2. The van der Waals surface area contributed by atoms with E-state index in [-0.39, 0.29) is 23.8 Å². The molecule has 1 fully saturated rings. The van der Waals surface area contributed by atoms with E-state index in [1.165, 1.54) is 16.8 Å². The van der Waals surface area contributed by atoms with Crippen molar-refractivity contribution in [1.29, 1.82) is 0 Å². The lowest BCUT2D eigenvalue weighted by molar-refractivity contribution is -0.132. The summed E-state index contributed by atoms with van der Waals surface area (Å²) in [5, 5.41) is 6.50. The number of hydrogen-bond acceptors (Lipinski definition) is 5. The van der Waals surface area contributed by atoms with Crippen LogP contribution in [-0.4, -0.2) is 51.2 Å². The minimum Gasteiger partial charge on any atom is -0.368 e. The minimum absolute atomic E-state index is 0.0717. The van der Waals surface area contributed by atoms with Crippen molar-refractivity contribution >= 4 is 38.7 Å². The van der Waals surface area contributed by atoms with E-state index in [4.69, 9.17) is 0 Å². The van der Waals surface area contributed by atoms with Crippen LogP contribution in [0.1, 0.15) is 12.7 Å². The normalized spacial score (nSPS) is 14.6. The number of carbonyl (C=O) groups is 1. The zero-order chi connectivity index (χ0) is 21.5. The third-order valence-electron chi connectivity index (χ3n) is 5.80. The van der Waals surface area contributed by atoms with Gasteiger partial charge in [-0.15, -0.1) is 11.3 Å². The number of fused-ring (bicyclic) bond motifs is 3. The van der Waals surface area contributed by atoms with Crippen molar-refractivity contribution in [1.82, 2.24) is 19.1 Å². The Bertz CT molecular complexity index is 1320. The third kappa shape index (κ3) is 3.48. The maximum atomic E-state index is 13.1. The summed E-state index contributed by atoms with van der Waals surface area (Å²) in [5.74, 6) is 0.381. The molecule has 0 radical (unpaired) electrons. The number of piperazine rings is 1. The summed E-state index contributed by atoms with van der Waals surface area (Å²) < 4.78 is 17.4. The van der Waals surface area contributed by atoms with Crippen LogP contribution in [0.5, 0.6) is 0 Å². The van der Waals surface area contributed by atoms with Crippen molar-refractivity contribution in [2.24, 2.45) is 0 Å². The van der Waals surface area contributed by atoms with E-state index in [0.717, 1.165) is 21.7 Å². The molecule has 4 heterocycles. The first kappa shape index (κ1) is 19.7. The zero-order valence-electron chi connectivity index (χ0n) is 17.1. The van der Waals surface area contributed by atoms with E-state index < -0.39 is 0 Å².